The van der Waals surface area contributed by atoms with E-state index in [1.54, 1.807) is 0 Å². The molecule has 1 fully saturated rings. The van der Waals surface area contributed by atoms with Crippen LogP contribution in [0.2, 0.25) is 0 Å². The first-order valence-electron chi connectivity index (χ1n) is 6.02. The Labute approximate surface area is 111 Å². The molecular formula is C13H19BrN2O. The first-order chi connectivity index (χ1) is 8.20. The van der Waals surface area contributed by atoms with Gasteiger partial charge < -0.3 is 15.4 Å². The summed E-state index contributed by atoms with van der Waals surface area (Å²) in [6, 6.07) is 6.31. The molecular weight excluding hydrogens is 280 g/mol. The zero-order valence-electron chi connectivity index (χ0n) is 10.2. The Morgan fingerprint density at radius 2 is 2.35 bits per heavy atom. The molecule has 4 heteroatoms. The number of anilines is 1. The minimum atomic E-state index is 0.382. The van der Waals surface area contributed by atoms with Crippen molar-refractivity contribution in [2.24, 2.45) is 5.73 Å². The van der Waals surface area contributed by atoms with Crippen molar-refractivity contribution in [3.63, 3.8) is 0 Å². The van der Waals surface area contributed by atoms with Crippen molar-refractivity contribution in [1.82, 2.24) is 0 Å². The first-order valence-corrected chi connectivity index (χ1v) is 6.81. The van der Waals surface area contributed by atoms with Crippen LogP contribution in [-0.4, -0.2) is 26.3 Å². The Hall–Kier alpha value is -0.580. The van der Waals surface area contributed by atoms with Gasteiger partial charge in [-0.05, 0) is 30.5 Å². The summed E-state index contributed by atoms with van der Waals surface area (Å²) in [6.45, 7) is 2.43. The summed E-state index contributed by atoms with van der Waals surface area (Å²) >= 11 is 3.55. The minimum absolute atomic E-state index is 0.382. The third-order valence-corrected chi connectivity index (χ3v) is 3.94. The molecule has 0 spiro atoms. The van der Waals surface area contributed by atoms with Crippen molar-refractivity contribution in [2.45, 2.75) is 25.5 Å². The highest BCUT2D eigenvalue weighted by atomic mass is 79.9. The van der Waals surface area contributed by atoms with Crippen molar-refractivity contribution in [1.29, 1.82) is 0 Å². The van der Waals surface area contributed by atoms with Crippen molar-refractivity contribution in [3.8, 4) is 0 Å². The predicted octanol–water partition coefficient (Wildman–Crippen LogP) is 2.52. The van der Waals surface area contributed by atoms with E-state index < -0.39 is 0 Å². The average molecular weight is 299 g/mol. The predicted molar refractivity (Wildman–Crippen MR) is 74.3 cm³/mol. The van der Waals surface area contributed by atoms with E-state index in [4.69, 9.17) is 10.5 Å². The Morgan fingerprint density at radius 3 is 2.94 bits per heavy atom. The second kappa shape index (κ2) is 5.85. The molecule has 0 amide bonds. The lowest BCUT2D eigenvalue weighted by atomic mass is 10.2. The van der Waals surface area contributed by atoms with Crippen LogP contribution in [0.4, 0.5) is 5.69 Å². The monoisotopic (exact) mass is 298 g/mol. The van der Waals surface area contributed by atoms with Crippen LogP contribution in [0.25, 0.3) is 0 Å². The Morgan fingerprint density at radius 1 is 1.53 bits per heavy atom. The van der Waals surface area contributed by atoms with Crippen LogP contribution >= 0.6 is 15.9 Å². The number of rotatable bonds is 4. The summed E-state index contributed by atoms with van der Waals surface area (Å²) in [5.41, 5.74) is 7.98. The average Bonchev–Trinajstić information content (AvgIpc) is 2.81. The molecule has 17 heavy (non-hydrogen) atoms. The van der Waals surface area contributed by atoms with Gasteiger partial charge in [0, 0.05) is 36.9 Å². The molecule has 1 unspecified atom stereocenters. The molecule has 1 saturated heterocycles. The van der Waals surface area contributed by atoms with Crippen LogP contribution in [0, 0.1) is 0 Å². The number of nitrogens with two attached hydrogens (primary N) is 1. The van der Waals surface area contributed by atoms with Gasteiger partial charge in [-0.25, -0.2) is 0 Å². The summed E-state index contributed by atoms with van der Waals surface area (Å²) in [6.07, 6.45) is 2.74. The van der Waals surface area contributed by atoms with E-state index in [2.05, 4.69) is 46.1 Å². The van der Waals surface area contributed by atoms with E-state index in [1.165, 1.54) is 18.5 Å². The summed E-state index contributed by atoms with van der Waals surface area (Å²) in [4.78, 5) is 2.24. The van der Waals surface area contributed by atoms with Gasteiger partial charge in [0.15, 0.2) is 0 Å². The van der Waals surface area contributed by atoms with Gasteiger partial charge in [0.2, 0.25) is 0 Å². The van der Waals surface area contributed by atoms with Gasteiger partial charge in [-0.2, -0.15) is 0 Å². The van der Waals surface area contributed by atoms with Crippen LogP contribution in [-0.2, 0) is 11.3 Å². The highest BCUT2D eigenvalue weighted by Crippen LogP contribution is 2.24. The lowest BCUT2D eigenvalue weighted by molar-refractivity contribution is 0.116. The van der Waals surface area contributed by atoms with E-state index in [0.29, 0.717) is 12.6 Å². The molecule has 0 aliphatic carbocycles. The first kappa shape index (κ1) is 12.9. The molecule has 0 radical (unpaired) electrons. The van der Waals surface area contributed by atoms with Crippen LogP contribution < -0.4 is 10.6 Å². The largest absolute Gasteiger partial charge is 0.376 e. The minimum Gasteiger partial charge on any atom is -0.376 e. The molecule has 0 saturated carbocycles. The van der Waals surface area contributed by atoms with E-state index in [9.17, 15) is 0 Å². The number of ether oxygens (including phenoxy) is 1. The molecule has 0 bridgehead atoms. The van der Waals surface area contributed by atoms with E-state index in [-0.39, 0.29) is 0 Å². The molecule has 1 aromatic rings. The SMILES string of the molecule is CN(CC1CCCO1)c1ccc(CN)c(Br)c1. The van der Waals surface area contributed by atoms with Crippen LogP contribution in [0.3, 0.4) is 0 Å². The fraction of sp³-hybridized carbons (Fsp3) is 0.538. The fourth-order valence-electron chi connectivity index (χ4n) is 2.14. The van der Waals surface area contributed by atoms with Gasteiger partial charge in [-0.1, -0.05) is 22.0 Å². The summed E-state index contributed by atoms with van der Waals surface area (Å²) in [7, 11) is 2.10. The maximum atomic E-state index is 5.65. The van der Waals surface area contributed by atoms with Crippen LogP contribution in [0.5, 0.6) is 0 Å². The summed E-state index contributed by atoms with van der Waals surface area (Å²) in [5.74, 6) is 0. The van der Waals surface area contributed by atoms with E-state index in [1.807, 2.05) is 0 Å². The number of likely N-dealkylation sites (N-methyl/N-ethyl adjacent to an activating group) is 1. The van der Waals surface area contributed by atoms with Gasteiger partial charge in [0.05, 0.1) is 6.10 Å². The normalized spacial score (nSPS) is 19.6. The number of nitrogens with zero attached hydrogens (tertiary/aromatic N) is 1. The lowest BCUT2D eigenvalue weighted by Gasteiger charge is -2.23. The molecule has 3 nitrogen and oxygen atoms in total. The zero-order valence-corrected chi connectivity index (χ0v) is 11.7. The lowest BCUT2D eigenvalue weighted by Crippen LogP contribution is -2.28. The van der Waals surface area contributed by atoms with Gasteiger partial charge in [0.25, 0.3) is 0 Å². The second-order valence-corrected chi connectivity index (χ2v) is 5.35. The maximum Gasteiger partial charge on any atom is 0.0750 e. The topological polar surface area (TPSA) is 38.5 Å². The Balaban J connectivity index is 2.02. The van der Waals surface area contributed by atoms with Crippen molar-refractivity contribution in [2.75, 3.05) is 25.1 Å². The maximum absolute atomic E-state index is 5.65. The quantitative estimate of drug-likeness (QED) is 0.928. The molecule has 1 heterocycles. The van der Waals surface area contributed by atoms with Crippen molar-refractivity contribution >= 4 is 21.6 Å². The van der Waals surface area contributed by atoms with Gasteiger partial charge in [-0.3, -0.25) is 0 Å². The molecule has 1 aliphatic rings. The van der Waals surface area contributed by atoms with Crippen molar-refractivity contribution in [3.05, 3.63) is 28.2 Å². The fourth-order valence-corrected chi connectivity index (χ4v) is 2.67. The summed E-state index contributed by atoms with van der Waals surface area (Å²) < 4.78 is 6.73. The van der Waals surface area contributed by atoms with Gasteiger partial charge in [-0.15, -0.1) is 0 Å². The third kappa shape index (κ3) is 3.21. The molecule has 1 atom stereocenters. The highest BCUT2D eigenvalue weighted by Gasteiger charge is 2.17. The molecule has 1 aliphatic heterocycles. The smallest absolute Gasteiger partial charge is 0.0750 e. The standard InChI is InChI=1S/C13H19BrN2O/c1-16(9-12-3-2-6-17-12)11-5-4-10(8-15)13(14)7-11/h4-5,7,12H,2-3,6,8-9,15H2,1H3. The molecule has 2 N–H and O–H groups in total. The Bertz CT molecular complexity index is 378. The second-order valence-electron chi connectivity index (χ2n) is 4.50. The number of halogens is 1. The van der Waals surface area contributed by atoms with Crippen LogP contribution in [0.15, 0.2) is 22.7 Å². The van der Waals surface area contributed by atoms with E-state index in [0.717, 1.165) is 23.2 Å². The molecule has 1 aromatic carbocycles. The van der Waals surface area contributed by atoms with Crippen molar-refractivity contribution < 1.29 is 4.74 Å². The number of hydrogen-bond donors (Lipinski definition) is 1. The molecule has 94 valence electrons. The van der Waals surface area contributed by atoms with Gasteiger partial charge in [0.1, 0.15) is 0 Å². The third-order valence-electron chi connectivity index (χ3n) is 3.20. The molecule has 2 rings (SSSR count). The summed E-state index contributed by atoms with van der Waals surface area (Å²) in [5, 5.41) is 0. The highest BCUT2D eigenvalue weighted by molar-refractivity contribution is 9.10. The van der Waals surface area contributed by atoms with Gasteiger partial charge >= 0.3 is 0 Å². The molecule has 0 aromatic heterocycles. The van der Waals surface area contributed by atoms with Crippen LogP contribution in [0.1, 0.15) is 18.4 Å². The number of hydrogen-bond acceptors (Lipinski definition) is 3. The zero-order chi connectivity index (χ0) is 12.3. The Kier molecular flexibility index (Phi) is 4.42. The number of benzene rings is 1. The van der Waals surface area contributed by atoms with E-state index >= 15 is 0 Å².